The molecule has 2 rings (SSSR count). The van der Waals surface area contributed by atoms with Crippen molar-refractivity contribution in [2.75, 3.05) is 11.9 Å². The number of nitrogens with one attached hydrogen (secondary N) is 1. The number of hydrogen-bond donors (Lipinski definition) is 1. The van der Waals surface area contributed by atoms with Gasteiger partial charge in [-0.05, 0) is 31.9 Å². The molecule has 0 aliphatic carbocycles. The Morgan fingerprint density at radius 3 is 2.55 bits per heavy atom. The van der Waals surface area contributed by atoms with Crippen molar-refractivity contribution in [1.82, 2.24) is 15.0 Å². The van der Waals surface area contributed by atoms with Gasteiger partial charge in [-0.25, -0.2) is 9.97 Å². The average molecular weight is 270 g/mol. The molecular formula is C16H22N4. The van der Waals surface area contributed by atoms with E-state index in [0.717, 1.165) is 48.6 Å². The van der Waals surface area contributed by atoms with E-state index in [4.69, 9.17) is 0 Å². The maximum absolute atomic E-state index is 4.47. The minimum absolute atomic E-state index is 0.930. The molecule has 1 N–H and O–H groups in total. The van der Waals surface area contributed by atoms with Crippen molar-refractivity contribution in [3.05, 3.63) is 35.9 Å². The third kappa shape index (κ3) is 3.32. The molecule has 2 heterocycles. The van der Waals surface area contributed by atoms with E-state index in [-0.39, 0.29) is 0 Å². The van der Waals surface area contributed by atoms with Crippen molar-refractivity contribution in [3.63, 3.8) is 0 Å². The van der Waals surface area contributed by atoms with Gasteiger partial charge in [-0.2, -0.15) is 0 Å². The minimum Gasteiger partial charge on any atom is -0.370 e. The molecule has 0 aromatic carbocycles. The molecule has 0 unspecified atom stereocenters. The Balaban J connectivity index is 2.42. The van der Waals surface area contributed by atoms with Gasteiger partial charge in [0.15, 0.2) is 0 Å². The summed E-state index contributed by atoms with van der Waals surface area (Å²) in [6.45, 7) is 7.25. The van der Waals surface area contributed by atoms with E-state index in [9.17, 15) is 0 Å². The molecule has 20 heavy (non-hydrogen) atoms. The zero-order valence-corrected chi connectivity index (χ0v) is 12.5. The Morgan fingerprint density at radius 2 is 1.90 bits per heavy atom. The van der Waals surface area contributed by atoms with Crippen LogP contribution in [0.4, 0.5) is 5.82 Å². The lowest BCUT2D eigenvalue weighted by Crippen LogP contribution is -2.08. The van der Waals surface area contributed by atoms with Crippen molar-refractivity contribution in [2.24, 2.45) is 0 Å². The lowest BCUT2D eigenvalue weighted by Gasteiger charge is -2.13. The molecule has 0 saturated carbocycles. The summed E-state index contributed by atoms with van der Waals surface area (Å²) in [7, 11) is 0. The molecule has 0 saturated heterocycles. The van der Waals surface area contributed by atoms with Crippen molar-refractivity contribution in [2.45, 2.75) is 40.0 Å². The highest BCUT2D eigenvalue weighted by atomic mass is 15.0. The van der Waals surface area contributed by atoms with Crippen LogP contribution < -0.4 is 5.32 Å². The van der Waals surface area contributed by atoms with Crippen LogP contribution in [0.3, 0.4) is 0 Å². The third-order valence-corrected chi connectivity index (χ3v) is 3.17. The predicted molar refractivity (Wildman–Crippen MR) is 82.8 cm³/mol. The summed E-state index contributed by atoms with van der Waals surface area (Å²) in [6.07, 6.45) is 6.64. The summed E-state index contributed by atoms with van der Waals surface area (Å²) in [5, 5.41) is 3.40. The van der Waals surface area contributed by atoms with Gasteiger partial charge in [0.2, 0.25) is 0 Å². The minimum atomic E-state index is 0.930. The van der Waals surface area contributed by atoms with Crippen molar-refractivity contribution >= 4 is 5.82 Å². The smallest absolute Gasteiger partial charge is 0.133 e. The number of aryl methyl sites for hydroxylation is 1. The monoisotopic (exact) mass is 270 g/mol. The second-order valence-corrected chi connectivity index (χ2v) is 4.91. The maximum Gasteiger partial charge on any atom is 0.133 e. The number of nitrogens with zero attached hydrogens (tertiary/aromatic N) is 3. The van der Waals surface area contributed by atoms with Crippen LogP contribution in [-0.2, 0) is 6.42 Å². The summed E-state index contributed by atoms with van der Waals surface area (Å²) in [4.78, 5) is 13.2. The Kier molecular flexibility index (Phi) is 5.04. The Morgan fingerprint density at radius 1 is 1.05 bits per heavy atom. The van der Waals surface area contributed by atoms with E-state index in [1.165, 1.54) is 5.56 Å². The van der Waals surface area contributed by atoms with Crippen LogP contribution in [0.5, 0.6) is 0 Å². The number of aromatic nitrogens is 3. The maximum atomic E-state index is 4.47. The second kappa shape index (κ2) is 6.98. The summed E-state index contributed by atoms with van der Waals surface area (Å²) in [5.41, 5.74) is 4.26. The number of hydrogen-bond acceptors (Lipinski definition) is 4. The Bertz CT molecular complexity index is 549. The SMILES string of the molecule is CCCNc1ncnc(-c2ccc(C)nc2)c1CCC. The van der Waals surface area contributed by atoms with Crippen LogP contribution in [0.2, 0.25) is 0 Å². The van der Waals surface area contributed by atoms with E-state index in [1.807, 2.05) is 19.2 Å². The first-order valence-electron chi connectivity index (χ1n) is 7.27. The van der Waals surface area contributed by atoms with Crippen molar-refractivity contribution in [3.8, 4) is 11.3 Å². The lowest BCUT2D eigenvalue weighted by atomic mass is 10.0. The fourth-order valence-corrected chi connectivity index (χ4v) is 2.15. The molecule has 0 radical (unpaired) electrons. The van der Waals surface area contributed by atoms with E-state index < -0.39 is 0 Å². The number of anilines is 1. The zero-order valence-electron chi connectivity index (χ0n) is 12.5. The van der Waals surface area contributed by atoms with Crippen LogP contribution in [0.25, 0.3) is 11.3 Å². The summed E-state index contributed by atoms with van der Waals surface area (Å²) < 4.78 is 0. The van der Waals surface area contributed by atoms with Gasteiger partial charge in [0, 0.05) is 29.6 Å². The van der Waals surface area contributed by atoms with E-state index in [0.29, 0.717) is 0 Å². The fraction of sp³-hybridized carbons (Fsp3) is 0.438. The molecule has 0 spiro atoms. The van der Waals surface area contributed by atoms with Crippen molar-refractivity contribution in [1.29, 1.82) is 0 Å². The molecule has 0 fully saturated rings. The van der Waals surface area contributed by atoms with Gasteiger partial charge >= 0.3 is 0 Å². The lowest BCUT2D eigenvalue weighted by molar-refractivity contribution is 0.892. The summed E-state index contributed by atoms with van der Waals surface area (Å²) in [5.74, 6) is 0.958. The highest BCUT2D eigenvalue weighted by Crippen LogP contribution is 2.26. The molecule has 2 aromatic rings. The molecule has 0 aliphatic rings. The number of rotatable bonds is 6. The van der Waals surface area contributed by atoms with Gasteiger partial charge < -0.3 is 5.32 Å². The first kappa shape index (κ1) is 14.4. The topological polar surface area (TPSA) is 50.7 Å². The number of pyridine rings is 1. The van der Waals surface area contributed by atoms with Gasteiger partial charge in [0.05, 0.1) is 5.69 Å². The third-order valence-electron chi connectivity index (χ3n) is 3.17. The van der Waals surface area contributed by atoms with Crippen LogP contribution in [0, 0.1) is 6.92 Å². The van der Waals surface area contributed by atoms with Crippen LogP contribution in [0.15, 0.2) is 24.7 Å². The van der Waals surface area contributed by atoms with E-state index >= 15 is 0 Å². The van der Waals surface area contributed by atoms with Gasteiger partial charge in [-0.15, -0.1) is 0 Å². The molecule has 4 nitrogen and oxygen atoms in total. The molecule has 106 valence electrons. The largest absolute Gasteiger partial charge is 0.370 e. The normalized spacial score (nSPS) is 10.6. The molecule has 4 heteroatoms. The molecule has 0 atom stereocenters. The standard InChI is InChI=1S/C16H22N4/c1-4-6-14-15(13-8-7-12(3)18-10-13)19-11-20-16(14)17-9-5-2/h7-8,10-11H,4-6,9H2,1-3H3,(H,17,19,20). The molecule has 0 bridgehead atoms. The highest BCUT2D eigenvalue weighted by Gasteiger charge is 2.12. The first-order chi connectivity index (χ1) is 9.76. The Hall–Kier alpha value is -1.97. The molecule has 0 amide bonds. The van der Waals surface area contributed by atoms with Crippen LogP contribution in [0.1, 0.15) is 37.9 Å². The van der Waals surface area contributed by atoms with Gasteiger partial charge in [-0.1, -0.05) is 20.3 Å². The Labute approximate surface area is 120 Å². The van der Waals surface area contributed by atoms with Gasteiger partial charge in [0.1, 0.15) is 12.1 Å². The quantitative estimate of drug-likeness (QED) is 0.871. The second-order valence-electron chi connectivity index (χ2n) is 4.91. The average Bonchev–Trinajstić information content (AvgIpc) is 2.47. The highest BCUT2D eigenvalue weighted by molar-refractivity contribution is 5.67. The summed E-state index contributed by atoms with van der Waals surface area (Å²) in [6, 6.07) is 4.10. The summed E-state index contributed by atoms with van der Waals surface area (Å²) >= 11 is 0. The fourth-order valence-electron chi connectivity index (χ4n) is 2.15. The molecular weight excluding hydrogens is 248 g/mol. The molecule has 0 aliphatic heterocycles. The van der Waals surface area contributed by atoms with Crippen LogP contribution >= 0.6 is 0 Å². The predicted octanol–water partition coefficient (Wildman–Crippen LogP) is 3.62. The van der Waals surface area contributed by atoms with Crippen LogP contribution in [-0.4, -0.2) is 21.5 Å². The van der Waals surface area contributed by atoms with E-state index in [2.05, 4.69) is 40.2 Å². The van der Waals surface area contributed by atoms with E-state index in [1.54, 1.807) is 6.33 Å². The van der Waals surface area contributed by atoms with Gasteiger partial charge in [-0.3, -0.25) is 4.98 Å². The van der Waals surface area contributed by atoms with Crippen molar-refractivity contribution < 1.29 is 0 Å². The van der Waals surface area contributed by atoms with Gasteiger partial charge in [0.25, 0.3) is 0 Å². The zero-order chi connectivity index (χ0) is 14.4. The first-order valence-corrected chi connectivity index (χ1v) is 7.27. The molecule has 2 aromatic heterocycles.